The van der Waals surface area contributed by atoms with Gasteiger partial charge in [0.15, 0.2) is 0 Å². The lowest BCUT2D eigenvalue weighted by molar-refractivity contribution is 0.123. The molecule has 2 N–H and O–H groups in total. The van der Waals surface area contributed by atoms with E-state index >= 15 is 0 Å². The van der Waals surface area contributed by atoms with Gasteiger partial charge in [0, 0.05) is 5.92 Å². The van der Waals surface area contributed by atoms with E-state index in [9.17, 15) is 10.2 Å². The van der Waals surface area contributed by atoms with Crippen molar-refractivity contribution in [3.8, 4) is 17.2 Å². The summed E-state index contributed by atoms with van der Waals surface area (Å²) >= 11 is 0. The van der Waals surface area contributed by atoms with Crippen LogP contribution in [-0.4, -0.2) is 10.2 Å². The Morgan fingerprint density at radius 3 is 2.42 bits per heavy atom. The van der Waals surface area contributed by atoms with Crippen molar-refractivity contribution in [2.24, 2.45) is 5.92 Å². The van der Waals surface area contributed by atoms with Crippen molar-refractivity contribution in [3.63, 3.8) is 0 Å². The first-order valence-electron chi connectivity index (χ1n) is 6.41. The molecule has 0 spiro atoms. The number of benzene rings is 2. The van der Waals surface area contributed by atoms with Gasteiger partial charge in [-0.2, -0.15) is 0 Å². The maximum atomic E-state index is 9.50. The molecule has 0 fully saturated rings. The van der Waals surface area contributed by atoms with Crippen LogP contribution in [0.25, 0.3) is 0 Å². The molecule has 0 bridgehead atoms. The molecule has 0 aromatic heterocycles. The lowest BCUT2D eigenvalue weighted by Gasteiger charge is -2.32. The Hall–Kier alpha value is -2.16. The number of ether oxygens (including phenoxy) is 1. The fourth-order valence-electron chi connectivity index (χ4n) is 2.61. The third-order valence-corrected chi connectivity index (χ3v) is 3.58. The number of hydrogen-bond donors (Lipinski definition) is 2. The number of hydrogen-bond acceptors (Lipinski definition) is 3. The van der Waals surface area contributed by atoms with Crippen molar-refractivity contribution in [1.82, 2.24) is 0 Å². The van der Waals surface area contributed by atoms with Gasteiger partial charge < -0.3 is 14.9 Å². The molecule has 3 heteroatoms. The third kappa shape index (κ3) is 2.24. The van der Waals surface area contributed by atoms with Crippen LogP contribution in [0.5, 0.6) is 17.2 Å². The molecule has 1 aliphatic heterocycles. The highest BCUT2D eigenvalue weighted by atomic mass is 16.5. The normalized spacial score (nSPS) is 21.5. The average molecular weight is 256 g/mol. The average Bonchev–Trinajstić information content (AvgIpc) is 2.39. The standard InChI is InChI=1S/C16H16O3/c1-10-8-12-9-14(18)6-7-15(12)19-16(10)11-2-4-13(17)5-3-11/h2-7,9-10,16-18H,8H2,1H3. The molecule has 1 heterocycles. The summed E-state index contributed by atoms with van der Waals surface area (Å²) in [4.78, 5) is 0. The highest BCUT2D eigenvalue weighted by Crippen LogP contribution is 2.39. The van der Waals surface area contributed by atoms with Crippen molar-refractivity contribution in [2.75, 3.05) is 0 Å². The van der Waals surface area contributed by atoms with Crippen molar-refractivity contribution < 1.29 is 14.9 Å². The largest absolute Gasteiger partial charge is 0.508 e. The summed E-state index contributed by atoms with van der Waals surface area (Å²) in [6.07, 6.45) is 0.854. The summed E-state index contributed by atoms with van der Waals surface area (Å²) in [5.74, 6) is 1.68. The number of fused-ring (bicyclic) bond motifs is 1. The van der Waals surface area contributed by atoms with E-state index in [1.807, 2.05) is 18.2 Å². The zero-order valence-corrected chi connectivity index (χ0v) is 10.7. The van der Waals surface area contributed by atoms with Gasteiger partial charge in [-0.15, -0.1) is 0 Å². The molecule has 2 unspecified atom stereocenters. The van der Waals surface area contributed by atoms with Gasteiger partial charge >= 0.3 is 0 Å². The van der Waals surface area contributed by atoms with Crippen LogP contribution >= 0.6 is 0 Å². The van der Waals surface area contributed by atoms with E-state index in [1.165, 1.54) is 0 Å². The summed E-state index contributed by atoms with van der Waals surface area (Å²) in [6.45, 7) is 2.13. The third-order valence-electron chi connectivity index (χ3n) is 3.58. The Bertz CT molecular complexity index is 589. The summed E-state index contributed by atoms with van der Waals surface area (Å²) < 4.78 is 6.03. The minimum Gasteiger partial charge on any atom is -0.508 e. The lowest BCUT2D eigenvalue weighted by Crippen LogP contribution is -2.23. The summed E-state index contributed by atoms with van der Waals surface area (Å²) in [5.41, 5.74) is 2.10. The molecular weight excluding hydrogens is 240 g/mol. The van der Waals surface area contributed by atoms with Crippen LogP contribution in [0.2, 0.25) is 0 Å². The summed E-state index contributed by atoms with van der Waals surface area (Å²) in [5, 5.41) is 18.8. The molecular formula is C16H16O3. The molecule has 0 saturated carbocycles. The first kappa shape index (κ1) is 11.9. The van der Waals surface area contributed by atoms with E-state index in [0.29, 0.717) is 5.92 Å². The Labute approximate surface area is 112 Å². The Morgan fingerprint density at radius 2 is 1.68 bits per heavy atom. The van der Waals surface area contributed by atoms with Gasteiger partial charge in [0.2, 0.25) is 0 Å². The molecule has 0 radical (unpaired) electrons. The summed E-state index contributed by atoms with van der Waals surface area (Å²) in [7, 11) is 0. The minimum absolute atomic E-state index is 0.0161. The van der Waals surface area contributed by atoms with Gasteiger partial charge in [0.25, 0.3) is 0 Å². The van der Waals surface area contributed by atoms with Gasteiger partial charge in [-0.3, -0.25) is 0 Å². The Morgan fingerprint density at radius 1 is 1.00 bits per heavy atom. The van der Waals surface area contributed by atoms with Crippen LogP contribution < -0.4 is 4.74 Å². The van der Waals surface area contributed by atoms with E-state index in [-0.39, 0.29) is 17.6 Å². The molecule has 3 nitrogen and oxygen atoms in total. The lowest BCUT2D eigenvalue weighted by atomic mass is 9.88. The van der Waals surface area contributed by atoms with Crippen LogP contribution in [0.4, 0.5) is 0 Å². The van der Waals surface area contributed by atoms with Crippen molar-refractivity contribution in [3.05, 3.63) is 53.6 Å². The van der Waals surface area contributed by atoms with E-state index in [4.69, 9.17) is 4.74 Å². The molecule has 1 aliphatic rings. The van der Waals surface area contributed by atoms with Crippen LogP contribution in [0, 0.1) is 5.92 Å². The molecule has 0 saturated heterocycles. The van der Waals surface area contributed by atoms with E-state index < -0.39 is 0 Å². The molecule has 0 amide bonds. The SMILES string of the molecule is CC1Cc2cc(O)ccc2OC1c1ccc(O)cc1. The van der Waals surface area contributed by atoms with Crippen LogP contribution in [0.15, 0.2) is 42.5 Å². The van der Waals surface area contributed by atoms with Crippen LogP contribution in [0.1, 0.15) is 24.2 Å². The maximum Gasteiger partial charge on any atom is 0.127 e. The predicted octanol–water partition coefficient (Wildman–Crippen LogP) is 3.41. The fourth-order valence-corrected chi connectivity index (χ4v) is 2.61. The predicted molar refractivity (Wildman–Crippen MR) is 72.5 cm³/mol. The molecule has 3 rings (SSSR count). The number of aromatic hydroxyl groups is 2. The zero-order chi connectivity index (χ0) is 13.4. The van der Waals surface area contributed by atoms with Gasteiger partial charge in [-0.1, -0.05) is 19.1 Å². The molecule has 2 aromatic carbocycles. The zero-order valence-electron chi connectivity index (χ0n) is 10.7. The maximum absolute atomic E-state index is 9.50. The van der Waals surface area contributed by atoms with Crippen LogP contribution in [-0.2, 0) is 6.42 Å². The minimum atomic E-state index is -0.0161. The van der Waals surface area contributed by atoms with Crippen molar-refractivity contribution >= 4 is 0 Å². The van der Waals surface area contributed by atoms with Crippen LogP contribution in [0.3, 0.4) is 0 Å². The molecule has 19 heavy (non-hydrogen) atoms. The monoisotopic (exact) mass is 256 g/mol. The molecule has 2 aromatic rings. The Kier molecular flexibility index (Phi) is 2.82. The quantitative estimate of drug-likeness (QED) is 0.822. The first-order chi connectivity index (χ1) is 9.13. The summed E-state index contributed by atoms with van der Waals surface area (Å²) in [6, 6.07) is 12.4. The number of phenols is 2. The number of phenolic OH excluding ortho intramolecular Hbond substituents is 2. The van der Waals surface area contributed by atoms with E-state index in [1.54, 1.807) is 24.3 Å². The van der Waals surface area contributed by atoms with Gasteiger partial charge in [0.05, 0.1) is 0 Å². The second-order valence-corrected chi connectivity index (χ2v) is 5.10. The van der Waals surface area contributed by atoms with Crippen molar-refractivity contribution in [2.45, 2.75) is 19.4 Å². The first-order valence-corrected chi connectivity index (χ1v) is 6.41. The second-order valence-electron chi connectivity index (χ2n) is 5.10. The van der Waals surface area contributed by atoms with Gasteiger partial charge in [-0.25, -0.2) is 0 Å². The second kappa shape index (κ2) is 4.50. The molecule has 98 valence electrons. The molecule has 0 aliphatic carbocycles. The van der Waals surface area contributed by atoms with Crippen molar-refractivity contribution in [1.29, 1.82) is 0 Å². The van der Waals surface area contributed by atoms with E-state index in [2.05, 4.69) is 6.92 Å². The van der Waals surface area contributed by atoms with E-state index in [0.717, 1.165) is 23.3 Å². The van der Waals surface area contributed by atoms with Gasteiger partial charge in [0.1, 0.15) is 23.4 Å². The highest BCUT2D eigenvalue weighted by Gasteiger charge is 2.28. The number of rotatable bonds is 1. The smallest absolute Gasteiger partial charge is 0.127 e. The van der Waals surface area contributed by atoms with Gasteiger partial charge in [-0.05, 0) is 47.9 Å². The topological polar surface area (TPSA) is 49.7 Å². The fraction of sp³-hybridized carbons (Fsp3) is 0.250. The Balaban J connectivity index is 1.93. The molecule has 2 atom stereocenters. The highest BCUT2D eigenvalue weighted by molar-refractivity contribution is 5.42.